The summed E-state index contributed by atoms with van der Waals surface area (Å²) < 4.78 is 1.21. The second-order valence-corrected chi connectivity index (χ2v) is 7.59. The first-order valence-electron chi connectivity index (χ1n) is 6.54. The van der Waals surface area contributed by atoms with Gasteiger partial charge in [-0.2, -0.15) is 0 Å². The predicted molar refractivity (Wildman–Crippen MR) is 85.1 cm³/mol. The molecule has 2 aromatic rings. The molecule has 1 fully saturated rings. The molecule has 1 aliphatic carbocycles. The van der Waals surface area contributed by atoms with E-state index in [0.717, 1.165) is 24.8 Å². The topological polar surface area (TPSA) is 29.3 Å². The van der Waals surface area contributed by atoms with Crippen LogP contribution in [0.15, 0.2) is 40.2 Å². The molecule has 1 saturated carbocycles. The number of benzene rings is 1. The maximum absolute atomic E-state index is 6.06. The van der Waals surface area contributed by atoms with E-state index >= 15 is 0 Å². The van der Waals surface area contributed by atoms with Crippen molar-refractivity contribution in [1.82, 2.24) is 4.90 Å². The fourth-order valence-electron chi connectivity index (χ4n) is 2.29. The fourth-order valence-corrected chi connectivity index (χ4v) is 3.80. The number of nitrogens with two attached hydrogens (primary N) is 1. The van der Waals surface area contributed by atoms with E-state index < -0.39 is 0 Å². The molecule has 0 unspecified atom stereocenters. The van der Waals surface area contributed by atoms with E-state index in [1.54, 1.807) is 0 Å². The Labute approximate surface area is 126 Å². The molecule has 19 heavy (non-hydrogen) atoms. The van der Waals surface area contributed by atoms with Crippen molar-refractivity contribution in [2.75, 3.05) is 5.73 Å². The zero-order valence-electron chi connectivity index (χ0n) is 10.7. The zero-order valence-corrected chi connectivity index (χ0v) is 13.1. The van der Waals surface area contributed by atoms with Crippen molar-refractivity contribution in [3.63, 3.8) is 0 Å². The molecule has 1 aliphatic rings. The van der Waals surface area contributed by atoms with Crippen LogP contribution >= 0.6 is 27.3 Å². The lowest BCUT2D eigenvalue weighted by molar-refractivity contribution is 0.248. The number of para-hydroxylation sites is 1. The van der Waals surface area contributed by atoms with Crippen molar-refractivity contribution in [2.45, 2.75) is 32.0 Å². The van der Waals surface area contributed by atoms with E-state index in [1.807, 2.05) is 23.5 Å². The van der Waals surface area contributed by atoms with Crippen LogP contribution in [-0.2, 0) is 13.1 Å². The van der Waals surface area contributed by atoms with Crippen molar-refractivity contribution in [2.24, 2.45) is 0 Å². The first-order chi connectivity index (χ1) is 9.22. The molecule has 2 nitrogen and oxygen atoms in total. The third kappa shape index (κ3) is 3.38. The van der Waals surface area contributed by atoms with Gasteiger partial charge in [-0.15, -0.1) is 11.3 Å². The number of nitrogens with zero attached hydrogens (tertiary/aromatic N) is 1. The van der Waals surface area contributed by atoms with Gasteiger partial charge in [0.05, 0.1) is 3.79 Å². The number of anilines is 1. The van der Waals surface area contributed by atoms with Gasteiger partial charge >= 0.3 is 0 Å². The van der Waals surface area contributed by atoms with Crippen LogP contribution in [0.25, 0.3) is 0 Å². The first kappa shape index (κ1) is 13.2. The van der Waals surface area contributed by atoms with Gasteiger partial charge in [0.15, 0.2) is 0 Å². The smallest absolute Gasteiger partial charge is 0.0701 e. The minimum Gasteiger partial charge on any atom is -0.398 e. The Balaban J connectivity index is 1.73. The van der Waals surface area contributed by atoms with Gasteiger partial charge in [-0.1, -0.05) is 18.2 Å². The summed E-state index contributed by atoms with van der Waals surface area (Å²) in [6.07, 6.45) is 2.64. The summed E-state index contributed by atoms with van der Waals surface area (Å²) in [7, 11) is 0. The SMILES string of the molecule is Nc1ccccc1CN(Cc1ccc(Br)s1)C1CC1. The van der Waals surface area contributed by atoms with E-state index in [0.29, 0.717) is 0 Å². The lowest BCUT2D eigenvalue weighted by Crippen LogP contribution is -2.25. The zero-order chi connectivity index (χ0) is 13.2. The van der Waals surface area contributed by atoms with Gasteiger partial charge in [0.1, 0.15) is 0 Å². The van der Waals surface area contributed by atoms with Crippen molar-refractivity contribution in [3.8, 4) is 0 Å². The van der Waals surface area contributed by atoms with Crippen molar-refractivity contribution in [1.29, 1.82) is 0 Å². The molecule has 4 heteroatoms. The highest BCUT2D eigenvalue weighted by Crippen LogP contribution is 2.32. The lowest BCUT2D eigenvalue weighted by atomic mass is 10.1. The fraction of sp³-hybridized carbons (Fsp3) is 0.333. The van der Waals surface area contributed by atoms with Gasteiger partial charge < -0.3 is 5.73 Å². The molecule has 0 atom stereocenters. The summed E-state index contributed by atoms with van der Waals surface area (Å²) in [6.45, 7) is 1.97. The second-order valence-electron chi connectivity index (χ2n) is 5.04. The molecular weight excluding hydrogens is 320 g/mol. The maximum atomic E-state index is 6.06. The van der Waals surface area contributed by atoms with Gasteiger partial charge in [-0.25, -0.2) is 0 Å². The second kappa shape index (κ2) is 5.65. The average molecular weight is 337 g/mol. The molecule has 1 heterocycles. The molecule has 0 radical (unpaired) electrons. The Kier molecular flexibility index (Phi) is 3.91. The highest BCUT2D eigenvalue weighted by molar-refractivity contribution is 9.11. The van der Waals surface area contributed by atoms with Gasteiger partial charge in [0.25, 0.3) is 0 Å². The van der Waals surface area contributed by atoms with Crippen LogP contribution in [0.4, 0.5) is 5.69 Å². The predicted octanol–water partition coefficient (Wildman–Crippen LogP) is 4.26. The van der Waals surface area contributed by atoms with E-state index in [-0.39, 0.29) is 0 Å². The quantitative estimate of drug-likeness (QED) is 0.826. The minimum atomic E-state index is 0.737. The Morgan fingerprint density at radius 3 is 2.58 bits per heavy atom. The molecule has 1 aromatic heterocycles. The summed E-state index contributed by atoms with van der Waals surface area (Å²) in [5.41, 5.74) is 8.20. The van der Waals surface area contributed by atoms with Crippen LogP contribution in [0.5, 0.6) is 0 Å². The number of rotatable bonds is 5. The van der Waals surface area contributed by atoms with Gasteiger partial charge in [0.2, 0.25) is 0 Å². The number of nitrogen functional groups attached to an aromatic ring is 1. The van der Waals surface area contributed by atoms with Crippen molar-refractivity contribution >= 4 is 33.0 Å². The molecule has 0 aliphatic heterocycles. The van der Waals surface area contributed by atoms with E-state index in [1.165, 1.54) is 27.1 Å². The van der Waals surface area contributed by atoms with Gasteiger partial charge in [0, 0.05) is 29.7 Å². The number of thiophene rings is 1. The van der Waals surface area contributed by atoms with E-state index in [9.17, 15) is 0 Å². The molecule has 0 saturated heterocycles. The van der Waals surface area contributed by atoms with Crippen LogP contribution in [-0.4, -0.2) is 10.9 Å². The van der Waals surface area contributed by atoms with E-state index in [2.05, 4.69) is 45.1 Å². The summed E-state index contributed by atoms with van der Waals surface area (Å²) in [6, 6.07) is 13.3. The maximum Gasteiger partial charge on any atom is 0.0701 e. The summed E-state index contributed by atoms with van der Waals surface area (Å²) in [4.78, 5) is 3.96. The van der Waals surface area contributed by atoms with Gasteiger partial charge in [-0.3, -0.25) is 4.90 Å². The Morgan fingerprint density at radius 2 is 1.95 bits per heavy atom. The molecular formula is C15H17BrN2S. The molecule has 3 rings (SSSR count). The number of halogens is 1. The number of hydrogen-bond acceptors (Lipinski definition) is 3. The summed E-state index contributed by atoms with van der Waals surface area (Å²) in [5.74, 6) is 0. The third-order valence-electron chi connectivity index (χ3n) is 3.48. The summed E-state index contributed by atoms with van der Waals surface area (Å²) >= 11 is 5.35. The monoisotopic (exact) mass is 336 g/mol. The Hall–Kier alpha value is -0.840. The highest BCUT2D eigenvalue weighted by Gasteiger charge is 2.29. The van der Waals surface area contributed by atoms with Crippen LogP contribution in [0.3, 0.4) is 0 Å². The van der Waals surface area contributed by atoms with E-state index in [4.69, 9.17) is 5.73 Å². The molecule has 2 N–H and O–H groups in total. The Bertz CT molecular complexity index is 563. The number of hydrogen-bond donors (Lipinski definition) is 1. The lowest BCUT2D eigenvalue weighted by Gasteiger charge is -2.22. The molecule has 100 valence electrons. The first-order valence-corrected chi connectivity index (χ1v) is 8.15. The third-order valence-corrected chi connectivity index (χ3v) is 5.09. The average Bonchev–Trinajstić information content (AvgIpc) is 3.16. The van der Waals surface area contributed by atoms with Crippen LogP contribution in [0.1, 0.15) is 23.3 Å². The minimum absolute atomic E-state index is 0.737. The van der Waals surface area contributed by atoms with Crippen molar-refractivity contribution in [3.05, 3.63) is 50.6 Å². The Morgan fingerprint density at radius 1 is 1.16 bits per heavy atom. The molecule has 0 spiro atoms. The molecule has 0 amide bonds. The van der Waals surface area contributed by atoms with Crippen LogP contribution in [0.2, 0.25) is 0 Å². The highest BCUT2D eigenvalue weighted by atomic mass is 79.9. The molecule has 1 aromatic carbocycles. The summed E-state index contributed by atoms with van der Waals surface area (Å²) in [5, 5.41) is 0. The largest absolute Gasteiger partial charge is 0.398 e. The standard InChI is InChI=1S/C15H17BrN2S/c16-15-8-7-13(19-15)10-18(12-5-6-12)9-11-3-1-2-4-14(11)17/h1-4,7-8,12H,5-6,9-10,17H2. The van der Waals surface area contributed by atoms with Crippen LogP contribution in [0, 0.1) is 0 Å². The van der Waals surface area contributed by atoms with Crippen molar-refractivity contribution < 1.29 is 0 Å². The van der Waals surface area contributed by atoms with Crippen LogP contribution < -0.4 is 5.73 Å². The normalized spacial score (nSPS) is 15.1. The molecule has 0 bridgehead atoms. The van der Waals surface area contributed by atoms with Gasteiger partial charge in [-0.05, 0) is 52.5 Å².